The molecule has 2 aliphatic rings. The fraction of sp³-hybridized carbons (Fsp3) is 0.552. The summed E-state index contributed by atoms with van der Waals surface area (Å²) in [6, 6.07) is 7.46. The Labute approximate surface area is 235 Å². The van der Waals surface area contributed by atoms with Crippen LogP contribution in [0.2, 0.25) is 10.0 Å². The van der Waals surface area contributed by atoms with Crippen LogP contribution in [-0.4, -0.2) is 48.4 Å². The molecule has 2 fully saturated rings. The van der Waals surface area contributed by atoms with E-state index in [0.29, 0.717) is 21.3 Å². The van der Waals surface area contributed by atoms with Crippen molar-refractivity contribution in [2.45, 2.75) is 78.4 Å². The third kappa shape index (κ3) is 6.04. The Morgan fingerprint density at radius 2 is 1.89 bits per heavy atom. The fourth-order valence-electron chi connectivity index (χ4n) is 5.75. The average molecular weight is 563 g/mol. The maximum atomic E-state index is 13.1. The number of aromatic nitrogens is 1. The smallest absolute Gasteiger partial charge is 0.407 e. The molecular weight excluding hydrogens is 525 g/mol. The van der Waals surface area contributed by atoms with Gasteiger partial charge >= 0.3 is 12.1 Å². The Morgan fingerprint density at radius 3 is 2.55 bits per heavy atom. The SMILES string of the molecule is CCOC(=O)c1nc(-c2cccc(Cl)c2Cl)c(C)cc1N1CCC2(CCCC2NC(=O)OC(C)(C)C)CC1. The van der Waals surface area contributed by atoms with Crippen molar-refractivity contribution in [3.63, 3.8) is 0 Å². The topological polar surface area (TPSA) is 80.8 Å². The number of carbonyl (C=O) groups is 2. The predicted octanol–water partition coefficient (Wildman–Crippen LogP) is 7.20. The van der Waals surface area contributed by atoms with Gasteiger partial charge < -0.3 is 19.7 Å². The highest BCUT2D eigenvalue weighted by molar-refractivity contribution is 6.43. The summed E-state index contributed by atoms with van der Waals surface area (Å²) in [7, 11) is 0. The standard InChI is InChI=1S/C29H37Cl2N3O4/c1-6-37-26(35)25-21(17-18(2)24(33-25)19-9-7-10-20(30)23(19)31)34-15-13-29(14-16-34)12-8-11-22(29)32-27(36)38-28(3,4)5/h7,9-10,17,22H,6,8,11-16H2,1-5H3,(H,32,36). The van der Waals surface area contributed by atoms with Gasteiger partial charge in [0.1, 0.15) is 5.60 Å². The van der Waals surface area contributed by atoms with E-state index in [4.69, 9.17) is 37.7 Å². The van der Waals surface area contributed by atoms with E-state index in [2.05, 4.69) is 10.2 Å². The summed E-state index contributed by atoms with van der Waals surface area (Å²) in [6.07, 6.45) is 4.53. The van der Waals surface area contributed by atoms with Crippen LogP contribution in [-0.2, 0) is 9.47 Å². The lowest BCUT2D eigenvalue weighted by molar-refractivity contribution is 0.0439. The van der Waals surface area contributed by atoms with Crippen molar-refractivity contribution in [3.05, 3.63) is 45.6 Å². The number of amides is 1. The maximum Gasteiger partial charge on any atom is 0.407 e. The number of anilines is 1. The van der Waals surface area contributed by atoms with Gasteiger partial charge in [-0.3, -0.25) is 0 Å². The summed E-state index contributed by atoms with van der Waals surface area (Å²) < 4.78 is 10.9. The summed E-state index contributed by atoms with van der Waals surface area (Å²) in [6.45, 7) is 11.1. The molecule has 7 nitrogen and oxygen atoms in total. The van der Waals surface area contributed by atoms with Gasteiger partial charge in [-0.1, -0.05) is 41.8 Å². The van der Waals surface area contributed by atoms with E-state index in [1.165, 1.54) is 0 Å². The molecular formula is C29H37Cl2N3O4. The Kier molecular flexibility index (Phi) is 8.48. The molecule has 1 aromatic carbocycles. The third-order valence-electron chi connectivity index (χ3n) is 7.57. The number of pyridine rings is 1. The molecule has 1 aromatic heterocycles. The quantitative estimate of drug-likeness (QED) is 0.388. The Bertz CT molecular complexity index is 1200. The number of hydrogen-bond donors (Lipinski definition) is 1. The van der Waals surface area contributed by atoms with E-state index >= 15 is 0 Å². The van der Waals surface area contributed by atoms with E-state index in [1.54, 1.807) is 13.0 Å². The van der Waals surface area contributed by atoms with Crippen LogP contribution in [0.25, 0.3) is 11.3 Å². The number of nitrogens with zero attached hydrogens (tertiary/aromatic N) is 2. The van der Waals surface area contributed by atoms with Crippen LogP contribution < -0.4 is 10.2 Å². The van der Waals surface area contributed by atoms with Crippen molar-refractivity contribution in [1.82, 2.24) is 10.3 Å². The summed E-state index contributed by atoms with van der Waals surface area (Å²) in [5, 5.41) is 3.98. The second-order valence-electron chi connectivity index (χ2n) is 11.3. The number of esters is 1. The largest absolute Gasteiger partial charge is 0.461 e. The van der Waals surface area contributed by atoms with E-state index in [9.17, 15) is 9.59 Å². The van der Waals surface area contributed by atoms with E-state index in [1.807, 2.05) is 45.9 Å². The van der Waals surface area contributed by atoms with Gasteiger partial charge in [0.05, 0.1) is 28.0 Å². The highest BCUT2D eigenvalue weighted by atomic mass is 35.5. The molecule has 1 amide bonds. The van der Waals surface area contributed by atoms with Gasteiger partial charge in [-0.25, -0.2) is 14.6 Å². The molecule has 206 valence electrons. The summed E-state index contributed by atoms with van der Waals surface area (Å²) in [5.41, 5.74) is 2.69. The van der Waals surface area contributed by atoms with Gasteiger partial charge in [-0.15, -0.1) is 0 Å². The summed E-state index contributed by atoms with van der Waals surface area (Å²) in [5.74, 6) is -0.465. The van der Waals surface area contributed by atoms with Crippen molar-refractivity contribution < 1.29 is 19.1 Å². The lowest BCUT2D eigenvalue weighted by atomic mass is 9.74. The van der Waals surface area contributed by atoms with Crippen LogP contribution in [0.1, 0.15) is 75.9 Å². The number of carbonyl (C=O) groups excluding carboxylic acids is 2. The van der Waals surface area contributed by atoms with Crippen LogP contribution in [0.5, 0.6) is 0 Å². The molecule has 1 aliphatic heterocycles. The first-order chi connectivity index (χ1) is 17.9. The van der Waals surface area contributed by atoms with Crippen molar-refractivity contribution in [2.75, 3.05) is 24.6 Å². The number of rotatable bonds is 5. The molecule has 1 saturated carbocycles. The number of halogens is 2. The van der Waals surface area contributed by atoms with Crippen molar-refractivity contribution in [1.29, 1.82) is 0 Å². The molecule has 1 atom stereocenters. The monoisotopic (exact) mass is 561 g/mol. The second kappa shape index (κ2) is 11.3. The highest BCUT2D eigenvalue weighted by Crippen LogP contribution is 2.47. The van der Waals surface area contributed by atoms with E-state index in [-0.39, 0.29) is 29.9 Å². The number of alkyl carbamates (subject to hydrolysis) is 1. The maximum absolute atomic E-state index is 13.1. The third-order valence-corrected chi connectivity index (χ3v) is 8.38. The van der Waals surface area contributed by atoms with Gasteiger partial charge in [-0.2, -0.15) is 0 Å². The number of benzene rings is 1. The van der Waals surface area contributed by atoms with Crippen LogP contribution in [0.3, 0.4) is 0 Å². The lowest BCUT2D eigenvalue weighted by Crippen LogP contribution is -2.51. The number of ether oxygens (including phenoxy) is 2. The number of nitrogens with one attached hydrogen (secondary N) is 1. The van der Waals surface area contributed by atoms with Crippen LogP contribution in [0.15, 0.2) is 24.3 Å². The number of hydrogen-bond acceptors (Lipinski definition) is 6. The summed E-state index contributed by atoms with van der Waals surface area (Å²) >= 11 is 12.8. The normalized spacial score (nSPS) is 18.9. The molecule has 0 bridgehead atoms. The van der Waals surface area contributed by atoms with Gasteiger partial charge in [0.15, 0.2) is 5.69 Å². The van der Waals surface area contributed by atoms with Crippen LogP contribution in [0, 0.1) is 12.3 Å². The molecule has 4 rings (SSSR count). The summed E-state index contributed by atoms with van der Waals surface area (Å²) in [4.78, 5) is 32.6. The molecule has 9 heteroatoms. The number of aryl methyl sites for hydroxylation is 1. The second-order valence-corrected chi connectivity index (χ2v) is 12.1. The highest BCUT2D eigenvalue weighted by Gasteiger charge is 2.46. The Balaban J connectivity index is 1.59. The Hall–Kier alpha value is -2.51. The van der Waals surface area contributed by atoms with Gasteiger partial charge in [0, 0.05) is 24.7 Å². The minimum atomic E-state index is -0.533. The zero-order valence-corrected chi connectivity index (χ0v) is 24.3. The minimum Gasteiger partial charge on any atom is -0.461 e. The van der Waals surface area contributed by atoms with Crippen LogP contribution in [0.4, 0.5) is 10.5 Å². The molecule has 0 radical (unpaired) electrons. The van der Waals surface area contributed by atoms with Gasteiger partial charge in [0.2, 0.25) is 0 Å². The number of piperidine rings is 1. The van der Waals surface area contributed by atoms with Gasteiger partial charge in [0.25, 0.3) is 0 Å². The van der Waals surface area contributed by atoms with Crippen LogP contribution >= 0.6 is 23.2 Å². The van der Waals surface area contributed by atoms with Crippen molar-refractivity contribution in [2.24, 2.45) is 5.41 Å². The van der Waals surface area contributed by atoms with Crippen molar-refractivity contribution >= 4 is 41.0 Å². The Morgan fingerprint density at radius 1 is 1.18 bits per heavy atom. The molecule has 2 aromatic rings. The lowest BCUT2D eigenvalue weighted by Gasteiger charge is -2.44. The molecule has 38 heavy (non-hydrogen) atoms. The first-order valence-electron chi connectivity index (χ1n) is 13.3. The fourth-order valence-corrected chi connectivity index (χ4v) is 6.14. The molecule has 1 aliphatic carbocycles. The molecule has 1 saturated heterocycles. The minimum absolute atomic E-state index is 0.0220. The molecule has 1 N–H and O–H groups in total. The van der Waals surface area contributed by atoms with Gasteiger partial charge in [-0.05, 0) is 83.4 Å². The molecule has 2 heterocycles. The zero-order chi connectivity index (χ0) is 27.7. The average Bonchev–Trinajstić information content (AvgIpc) is 3.21. The van der Waals surface area contributed by atoms with E-state index < -0.39 is 11.6 Å². The molecule has 1 spiro atoms. The van der Waals surface area contributed by atoms with E-state index in [0.717, 1.165) is 56.4 Å². The first kappa shape index (κ1) is 28.5. The van der Waals surface area contributed by atoms with Crippen molar-refractivity contribution in [3.8, 4) is 11.3 Å². The molecule has 1 unspecified atom stereocenters. The predicted molar refractivity (Wildman–Crippen MR) is 151 cm³/mol. The zero-order valence-electron chi connectivity index (χ0n) is 22.8. The first-order valence-corrected chi connectivity index (χ1v) is 14.1.